The molecule has 2 rings (SSSR count). The highest BCUT2D eigenvalue weighted by atomic mass is 14.2. The maximum Gasteiger partial charge on any atom is 0.00958 e. The molecule has 0 saturated heterocycles. The summed E-state index contributed by atoms with van der Waals surface area (Å²) < 4.78 is 0. The van der Waals surface area contributed by atoms with Crippen LogP contribution in [0.15, 0.2) is 24.3 Å². The summed E-state index contributed by atoms with van der Waals surface area (Å²) in [7, 11) is 0. The van der Waals surface area contributed by atoms with Gasteiger partial charge in [-0.05, 0) is 23.6 Å². The summed E-state index contributed by atoms with van der Waals surface area (Å²) in [4.78, 5) is 0. The first-order valence-corrected chi connectivity index (χ1v) is 4.10. The molecule has 0 N–H and O–H groups in total. The van der Waals surface area contributed by atoms with Gasteiger partial charge in [0.25, 0.3) is 0 Å². The third kappa shape index (κ3) is 0.988. The molecule has 0 aliphatic heterocycles. The second kappa shape index (κ2) is 2.54. The number of allylic oxidation sites excluding steroid dienone is 1. The van der Waals surface area contributed by atoms with Crippen LogP contribution in [0.4, 0.5) is 0 Å². The lowest BCUT2D eigenvalue weighted by Crippen LogP contribution is -1.89. The summed E-state index contributed by atoms with van der Waals surface area (Å²) >= 11 is 0. The molecule has 1 aromatic rings. The van der Waals surface area contributed by atoms with E-state index in [2.05, 4.69) is 43.3 Å². The van der Waals surface area contributed by atoms with E-state index in [1.54, 1.807) is 0 Å². The van der Waals surface area contributed by atoms with Gasteiger partial charge in [0.2, 0.25) is 0 Å². The van der Waals surface area contributed by atoms with Gasteiger partial charge in [0.15, 0.2) is 0 Å². The van der Waals surface area contributed by atoms with Crippen molar-refractivity contribution in [3.63, 3.8) is 0 Å². The third-order valence-electron chi connectivity index (χ3n) is 2.22. The van der Waals surface area contributed by atoms with Crippen molar-refractivity contribution in [3.8, 4) is 0 Å². The van der Waals surface area contributed by atoms with Crippen LogP contribution in [0, 0.1) is 6.08 Å². The average Bonchev–Trinajstić information content (AvgIpc) is 2.47. The Morgan fingerprint density at radius 1 is 1.36 bits per heavy atom. The fourth-order valence-corrected chi connectivity index (χ4v) is 1.58. The molecule has 0 saturated carbocycles. The van der Waals surface area contributed by atoms with Crippen molar-refractivity contribution in [2.24, 2.45) is 0 Å². The van der Waals surface area contributed by atoms with Gasteiger partial charge in [0.1, 0.15) is 0 Å². The van der Waals surface area contributed by atoms with Gasteiger partial charge < -0.3 is 0 Å². The van der Waals surface area contributed by atoms with E-state index in [-0.39, 0.29) is 0 Å². The molecule has 1 aliphatic rings. The molecule has 1 aliphatic carbocycles. The maximum absolute atomic E-state index is 3.35. The molecule has 1 aromatic carbocycles. The minimum absolute atomic E-state index is 0.547. The van der Waals surface area contributed by atoms with Gasteiger partial charge in [-0.25, -0.2) is 0 Å². The monoisotopic (exact) mass is 143 g/mol. The summed E-state index contributed by atoms with van der Waals surface area (Å²) in [6.45, 7) is 2.20. The average molecular weight is 143 g/mol. The van der Waals surface area contributed by atoms with Crippen LogP contribution in [0.25, 0.3) is 6.08 Å². The van der Waals surface area contributed by atoms with Gasteiger partial charge in [-0.3, -0.25) is 0 Å². The lowest BCUT2D eigenvalue weighted by Gasteiger charge is -2.05. The van der Waals surface area contributed by atoms with Crippen molar-refractivity contribution >= 4 is 6.08 Å². The smallest absolute Gasteiger partial charge is 0.00958 e. The summed E-state index contributed by atoms with van der Waals surface area (Å²) in [5.41, 5.74) is 2.79. The molecule has 0 bridgehead atoms. The molecule has 0 aromatic heterocycles. The molecule has 55 valence electrons. The lowest BCUT2D eigenvalue weighted by atomic mass is 9.99. The highest BCUT2D eigenvalue weighted by Gasteiger charge is 2.13. The van der Waals surface area contributed by atoms with Gasteiger partial charge in [-0.1, -0.05) is 37.3 Å². The Bertz CT molecular complexity index is 284. The van der Waals surface area contributed by atoms with Crippen molar-refractivity contribution in [1.29, 1.82) is 0 Å². The highest BCUT2D eigenvalue weighted by Crippen LogP contribution is 2.30. The Labute approximate surface area is 67.6 Å². The summed E-state index contributed by atoms with van der Waals surface area (Å²) in [6.07, 6.45) is 6.61. The van der Waals surface area contributed by atoms with Crippen molar-refractivity contribution < 1.29 is 0 Å². The number of rotatable bonds is 1. The molecule has 1 atom stereocenters. The number of fused-ring (bicyclic) bond motifs is 1. The summed E-state index contributed by atoms with van der Waals surface area (Å²) in [6, 6.07) is 8.52. The van der Waals surface area contributed by atoms with Crippen LogP contribution in [0.1, 0.15) is 30.4 Å². The first-order chi connectivity index (χ1) is 5.42. The third-order valence-corrected chi connectivity index (χ3v) is 2.22. The predicted molar refractivity (Wildman–Crippen MR) is 47.2 cm³/mol. The topological polar surface area (TPSA) is 0 Å². The second-order valence-electron chi connectivity index (χ2n) is 2.90. The molecule has 11 heavy (non-hydrogen) atoms. The maximum atomic E-state index is 3.35. The molecule has 0 amide bonds. The Balaban J connectivity index is 2.46. The quantitative estimate of drug-likeness (QED) is 0.567. The Morgan fingerprint density at radius 2 is 2.18 bits per heavy atom. The molecule has 0 nitrogen and oxygen atoms in total. The zero-order valence-corrected chi connectivity index (χ0v) is 6.67. The Hall–Kier alpha value is -1.04. The minimum Gasteiger partial charge on any atom is -0.0645 e. The SMILES string of the molecule is CCC1[C]=Cc2ccccc21. The predicted octanol–water partition coefficient (Wildman–Crippen LogP) is 3.01. The van der Waals surface area contributed by atoms with E-state index in [4.69, 9.17) is 0 Å². The fraction of sp³-hybridized carbons (Fsp3) is 0.273. The van der Waals surface area contributed by atoms with Crippen LogP contribution in [0.5, 0.6) is 0 Å². The number of benzene rings is 1. The van der Waals surface area contributed by atoms with Gasteiger partial charge in [0, 0.05) is 5.92 Å². The largest absolute Gasteiger partial charge is 0.0645 e. The van der Waals surface area contributed by atoms with E-state index < -0.39 is 0 Å². The van der Waals surface area contributed by atoms with E-state index in [1.165, 1.54) is 11.1 Å². The number of hydrogen-bond acceptors (Lipinski definition) is 0. The standard InChI is InChI=1S/C11H11/c1-2-9-7-8-10-5-3-4-6-11(9)10/h3-6,8-9H,2H2,1H3. The molecular weight excluding hydrogens is 132 g/mol. The molecular formula is C11H11. The Kier molecular flexibility index (Phi) is 1.54. The van der Waals surface area contributed by atoms with Gasteiger partial charge >= 0.3 is 0 Å². The van der Waals surface area contributed by atoms with Crippen molar-refractivity contribution in [2.75, 3.05) is 0 Å². The Morgan fingerprint density at radius 3 is 3.00 bits per heavy atom. The van der Waals surface area contributed by atoms with E-state index in [0.717, 1.165) is 6.42 Å². The van der Waals surface area contributed by atoms with Crippen molar-refractivity contribution in [1.82, 2.24) is 0 Å². The van der Waals surface area contributed by atoms with E-state index in [0.29, 0.717) is 5.92 Å². The molecule has 1 radical (unpaired) electrons. The first-order valence-electron chi connectivity index (χ1n) is 4.10. The van der Waals surface area contributed by atoms with Crippen molar-refractivity contribution in [3.05, 3.63) is 41.5 Å². The van der Waals surface area contributed by atoms with Crippen LogP contribution >= 0.6 is 0 Å². The minimum atomic E-state index is 0.547. The van der Waals surface area contributed by atoms with Crippen molar-refractivity contribution in [2.45, 2.75) is 19.3 Å². The fourth-order valence-electron chi connectivity index (χ4n) is 1.58. The molecule has 0 heterocycles. The normalized spacial score (nSPS) is 20.3. The van der Waals surface area contributed by atoms with Gasteiger partial charge in [0.05, 0.1) is 0 Å². The van der Waals surface area contributed by atoms with Crippen LogP contribution in [0.3, 0.4) is 0 Å². The van der Waals surface area contributed by atoms with Crippen LogP contribution in [-0.2, 0) is 0 Å². The van der Waals surface area contributed by atoms with Gasteiger partial charge in [-0.2, -0.15) is 0 Å². The van der Waals surface area contributed by atoms with Crippen LogP contribution < -0.4 is 0 Å². The van der Waals surface area contributed by atoms with Crippen LogP contribution in [0.2, 0.25) is 0 Å². The summed E-state index contributed by atoms with van der Waals surface area (Å²) in [5, 5.41) is 0. The zero-order valence-electron chi connectivity index (χ0n) is 6.67. The molecule has 1 unspecified atom stereocenters. The van der Waals surface area contributed by atoms with E-state index >= 15 is 0 Å². The lowest BCUT2D eigenvalue weighted by molar-refractivity contribution is 0.801. The molecule has 0 heteroatoms. The van der Waals surface area contributed by atoms with E-state index in [9.17, 15) is 0 Å². The summed E-state index contributed by atoms with van der Waals surface area (Å²) in [5.74, 6) is 0.547. The van der Waals surface area contributed by atoms with Crippen LogP contribution in [-0.4, -0.2) is 0 Å². The van der Waals surface area contributed by atoms with Gasteiger partial charge in [-0.15, -0.1) is 0 Å². The molecule has 0 spiro atoms. The van der Waals surface area contributed by atoms with E-state index in [1.807, 2.05) is 0 Å². The second-order valence-corrected chi connectivity index (χ2v) is 2.90. The first kappa shape index (κ1) is 6.66. The highest BCUT2D eigenvalue weighted by molar-refractivity contribution is 5.59. The zero-order chi connectivity index (χ0) is 7.68. The number of hydrogen-bond donors (Lipinski definition) is 0. The molecule has 0 fully saturated rings.